The van der Waals surface area contributed by atoms with E-state index in [0.29, 0.717) is 6.04 Å². The van der Waals surface area contributed by atoms with E-state index in [1.807, 2.05) is 4.68 Å². The fourth-order valence-corrected chi connectivity index (χ4v) is 1.85. The third kappa shape index (κ3) is 1.91. The second kappa shape index (κ2) is 4.49. The Morgan fingerprint density at radius 3 is 2.43 bits per heavy atom. The molecule has 0 fully saturated rings. The summed E-state index contributed by atoms with van der Waals surface area (Å²) in [5.74, 6) is 0. The number of hydrogen-bond acceptors (Lipinski definition) is 1. The van der Waals surface area contributed by atoms with E-state index in [1.54, 1.807) is 0 Å². The summed E-state index contributed by atoms with van der Waals surface area (Å²) in [4.78, 5) is 11.6. The predicted octanol–water partition coefficient (Wildman–Crippen LogP) is 2.27. The Hall–Kier alpha value is -0.990. The highest BCUT2D eigenvalue weighted by Gasteiger charge is 2.13. The molecule has 1 N–H and O–H groups in total. The molecule has 1 rings (SSSR count). The topological polar surface area (TPSA) is 37.8 Å². The molecule has 0 aromatic carbocycles. The van der Waals surface area contributed by atoms with Gasteiger partial charge in [0.2, 0.25) is 0 Å². The molecule has 0 aliphatic carbocycles. The third-order valence-electron chi connectivity index (χ3n) is 2.49. The van der Waals surface area contributed by atoms with Gasteiger partial charge >= 0.3 is 0 Å². The van der Waals surface area contributed by atoms with Crippen LogP contribution in [-0.2, 0) is 12.8 Å². The molecule has 1 aromatic rings. The lowest BCUT2D eigenvalue weighted by atomic mass is 10.1. The average molecular weight is 196 g/mol. The highest BCUT2D eigenvalue weighted by Crippen LogP contribution is 2.12. The number of rotatable bonds is 4. The maximum atomic E-state index is 11.6. The Balaban J connectivity index is 3.21. The van der Waals surface area contributed by atoms with Crippen molar-refractivity contribution in [1.29, 1.82) is 0 Å². The Morgan fingerprint density at radius 1 is 1.36 bits per heavy atom. The maximum absolute atomic E-state index is 11.6. The molecular formula is C11H20N2O. The number of hydrogen-bond donors (Lipinski definition) is 1. The van der Waals surface area contributed by atoms with E-state index in [-0.39, 0.29) is 5.56 Å². The summed E-state index contributed by atoms with van der Waals surface area (Å²) in [6.07, 6.45) is 2.84. The molecule has 0 radical (unpaired) electrons. The van der Waals surface area contributed by atoms with Gasteiger partial charge in [-0.2, -0.15) is 0 Å². The minimum Gasteiger partial charge on any atom is -0.286 e. The van der Waals surface area contributed by atoms with Gasteiger partial charge in [0.1, 0.15) is 0 Å². The molecule has 0 aliphatic heterocycles. The van der Waals surface area contributed by atoms with Crippen molar-refractivity contribution in [3.63, 3.8) is 0 Å². The van der Waals surface area contributed by atoms with Crippen molar-refractivity contribution in [2.75, 3.05) is 0 Å². The van der Waals surface area contributed by atoms with Crippen LogP contribution in [0.15, 0.2) is 4.79 Å². The van der Waals surface area contributed by atoms with Crippen molar-refractivity contribution in [1.82, 2.24) is 9.78 Å². The van der Waals surface area contributed by atoms with Crippen LogP contribution in [0.5, 0.6) is 0 Å². The first kappa shape index (κ1) is 11.1. The number of aromatic amines is 1. The normalized spacial score (nSPS) is 11.2. The molecule has 3 heteroatoms. The molecule has 0 spiro atoms. The predicted molar refractivity (Wildman–Crippen MR) is 58.8 cm³/mol. The van der Waals surface area contributed by atoms with Crippen LogP contribution >= 0.6 is 0 Å². The van der Waals surface area contributed by atoms with Crippen LogP contribution in [-0.4, -0.2) is 9.78 Å². The fraction of sp³-hybridized carbons (Fsp3) is 0.727. The molecule has 0 unspecified atom stereocenters. The summed E-state index contributed by atoms with van der Waals surface area (Å²) in [6, 6.07) is 0.336. The molecule has 14 heavy (non-hydrogen) atoms. The summed E-state index contributed by atoms with van der Waals surface area (Å²) < 4.78 is 1.99. The Morgan fingerprint density at radius 2 is 2.00 bits per heavy atom. The molecule has 0 saturated carbocycles. The van der Waals surface area contributed by atoms with Crippen molar-refractivity contribution >= 4 is 0 Å². The zero-order valence-electron chi connectivity index (χ0n) is 9.55. The molecule has 0 amide bonds. The number of aromatic nitrogens is 2. The van der Waals surface area contributed by atoms with E-state index in [4.69, 9.17) is 0 Å². The van der Waals surface area contributed by atoms with E-state index in [1.165, 1.54) is 5.69 Å². The van der Waals surface area contributed by atoms with Gasteiger partial charge in [-0.25, -0.2) is 0 Å². The van der Waals surface area contributed by atoms with Crippen LogP contribution in [0.2, 0.25) is 0 Å². The highest BCUT2D eigenvalue weighted by atomic mass is 16.1. The van der Waals surface area contributed by atoms with Gasteiger partial charge < -0.3 is 0 Å². The van der Waals surface area contributed by atoms with Gasteiger partial charge in [0.15, 0.2) is 0 Å². The summed E-state index contributed by atoms with van der Waals surface area (Å²) in [5.41, 5.74) is 2.24. The lowest BCUT2D eigenvalue weighted by molar-refractivity contribution is 0.507. The molecule has 0 bridgehead atoms. The minimum atomic E-state index is 0.0948. The highest BCUT2D eigenvalue weighted by molar-refractivity contribution is 5.18. The van der Waals surface area contributed by atoms with E-state index in [9.17, 15) is 4.79 Å². The molecule has 3 nitrogen and oxygen atoms in total. The van der Waals surface area contributed by atoms with Crippen LogP contribution in [0.3, 0.4) is 0 Å². The minimum absolute atomic E-state index is 0.0948. The van der Waals surface area contributed by atoms with Crippen molar-refractivity contribution in [3.8, 4) is 0 Å². The van der Waals surface area contributed by atoms with Gasteiger partial charge in [-0.1, -0.05) is 20.3 Å². The summed E-state index contributed by atoms with van der Waals surface area (Å²) in [7, 11) is 0. The smallest absolute Gasteiger partial charge is 0.267 e. The van der Waals surface area contributed by atoms with Gasteiger partial charge in [-0.05, 0) is 26.7 Å². The second-order valence-corrected chi connectivity index (χ2v) is 3.93. The zero-order chi connectivity index (χ0) is 10.7. The molecule has 0 aliphatic rings. The molecular weight excluding hydrogens is 176 g/mol. The van der Waals surface area contributed by atoms with Crippen LogP contribution in [0.1, 0.15) is 51.4 Å². The zero-order valence-corrected chi connectivity index (χ0v) is 9.55. The Labute approximate surface area is 85.1 Å². The van der Waals surface area contributed by atoms with E-state index >= 15 is 0 Å². The second-order valence-electron chi connectivity index (χ2n) is 3.93. The van der Waals surface area contributed by atoms with Gasteiger partial charge in [0.05, 0.1) is 0 Å². The fourth-order valence-electron chi connectivity index (χ4n) is 1.85. The summed E-state index contributed by atoms with van der Waals surface area (Å²) >= 11 is 0. The van der Waals surface area contributed by atoms with Crippen molar-refractivity contribution in [2.45, 2.75) is 53.0 Å². The van der Waals surface area contributed by atoms with Gasteiger partial charge in [-0.3, -0.25) is 14.6 Å². The summed E-state index contributed by atoms with van der Waals surface area (Å²) in [6.45, 7) is 8.38. The number of H-pyrrole nitrogens is 1. The van der Waals surface area contributed by atoms with Crippen molar-refractivity contribution < 1.29 is 0 Å². The molecule has 0 atom stereocenters. The van der Waals surface area contributed by atoms with Gasteiger partial charge in [0.25, 0.3) is 5.56 Å². The third-order valence-corrected chi connectivity index (χ3v) is 2.49. The monoisotopic (exact) mass is 196 g/mol. The molecule has 0 saturated heterocycles. The Bertz CT molecular complexity index is 347. The van der Waals surface area contributed by atoms with Crippen LogP contribution in [0.4, 0.5) is 0 Å². The first-order valence-electron chi connectivity index (χ1n) is 5.44. The standard InChI is InChI=1S/C11H20N2O/c1-5-7-9-10(6-2)13(8(3)4)12-11(9)14/h8H,5-7H2,1-4H3,(H,12,14). The van der Waals surface area contributed by atoms with Crippen molar-refractivity contribution in [3.05, 3.63) is 21.6 Å². The first-order chi connectivity index (χ1) is 6.61. The lowest BCUT2D eigenvalue weighted by Gasteiger charge is -2.11. The largest absolute Gasteiger partial charge is 0.286 e. The lowest BCUT2D eigenvalue weighted by Crippen LogP contribution is -2.09. The van der Waals surface area contributed by atoms with E-state index in [2.05, 4.69) is 32.8 Å². The van der Waals surface area contributed by atoms with Crippen LogP contribution in [0, 0.1) is 0 Å². The van der Waals surface area contributed by atoms with Crippen LogP contribution in [0.25, 0.3) is 0 Å². The van der Waals surface area contributed by atoms with E-state index < -0.39 is 0 Å². The maximum Gasteiger partial charge on any atom is 0.267 e. The Kier molecular flexibility index (Phi) is 3.55. The molecule has 1 heterocycles. The first-order valence-corrected chi connectivity index (χ1v) is 5.44. The van der Waals surface area contributed by atoms with Gasteiger partial charge in [0, 0.05) is 17.3 Å². The number of nitrogens with one attached hydrogen (secondary N) is 1. The SMILES string of the molecule is CCCc1c(CC)n(C(C)C)[nH]c1=O. The average Bonchev–Trinajstić information content (AvgIpc) is 2.44. The van der Waals surface area contributed by atoms with Crippen molar-refractivity contribution in [2.24, 2.45) is 0 Å². The quantitative estimate of drug-likeness (QED) is 0.788. The number of nitrogens with zero attached hydrogens (tertiary/aromatic N) is 1. The van der Waals surface area contributed by atoms with Gasteiger partial charge in [-0.15, -0.1) is 0 Å². The summed E-state index contributed by atoms with van der Waals surface area (Å²) in [5, 5.41) is 2.91. The molecule has 80 valence electrons. The van der Waals surface area contributed by atoms with E-state index in [0.717, 1.165) is 24.8 Å². The molecule has 1 aromatic heterocycles. The van der Waals surface area contributed by atoms with Crippen LogP contribution < -0.4 is 5.56 Å².